The number of hydrogen-bond donors (Lipinski definition) is 0. The molecule has 0 unspecified atom stereocenters. The summed E-state index contributed by atoms with van der Waals surface area (Å²) >= 11 is 1.83. The molecule has 5 heteroatoms. The molecule has 11 rings (SSSR count). The maximum absolute atomic E-state index is 14.6. The number of aromatic nitrogens is 1. The van der Waals surface area contributed by atoms with Crippen LogP contribution >= 0.6 is 11.3 Å². The lowest BCUT2D eigenvalue weighted by atomic mass is 10.00. The maximum atomic E-state index is 14.6. The van der Waals surface area contributed by atoms with Gasteiger partial charge in [0.1, 0.15) is 5.82 Å². The maximum Gasteiger partial charge on any atom is 0.160 e. The standard InChI is InChI=1S/C48H29FN2OS/c49-33-21-28-41-43(29-33)52-48-36(26-27-38-37-11-4-6-13-40(37)51(41)47(38)48)32-19-24-35(25-20-32)50(34-22-17-31(18-23-34)30-9-2-1-3-10-30)42-14-8-16-45-46(42)39-12-5-7-15-44(39)53-45/h1-29H. The lowest BCUT2D eigenvalue weighted by Crippen LogP contribution is -2.10. The van der Waals surface area contributed by atoms with Crippen molar-refractivity contribution in [1.29, 1.82) is 0 Å². The van der Waals surface area contributed by atoms with Gasteiger partial charge in [-0.1, -0.05) is 103 Å². The summed E-state index contributed by atoms with van der Waals surface area (Å²) in [5.41, 5.74) is 10.5. The van der Waals surface area contributed by atoms with Gasteiger partial charge in [0.2, 0.25) is 0 Å². The normalized spacial score (nSPS) is 12.0. The highest BCUT2D eigenvalue weighted by Gasteiger charge is 2.27. The molecule has 250 valence electrons. The molecule has 0 aliphatic carbocycles. The van der Waals surface area contributed by atoms with Crippen LogP contribution in [0.1, 0.15) is 0 Å². The van der Waals surface area contributed by atoms with Crippen LogP contribution in [0.15, 0.2) is 176 Å². The molecule has 0 amide bonds. The molecule has 0 radical (unpaired) electrons. The second-order valence-corrected chi connectivity index (χ2v) is 14.5. The molecule has 2 aromatic heterocycles. The van der Waals surface area contributed by atoms with Crippen LogP contribution in [0.5, 0.6) is 11.5 Å². The number of benzene rings is 8. The first-order valence-electron chi connectivity index (χ1n) is 17.7. The summed E-state index contributed by atoms with van der Waals surface area (Å²) < 4.78 is 26.0. The summed E-state index contributed by atoms with van der Waals surface area (Å²) in [7, 11) is 0. The van der Waals surface area contributed by atoms with E-state index in [-0.39, 0.29) is 5.82 Å². The number of hydrogen-bond acceptors (Lipinski definition) is 3. The quantitative estimate of drug-likeness (QED) is 0.178. The molecule has 1 aliphatic rings. The number of anilines is 3. The van der Waals surface area contributed by atoms with E-state index in [4.69, 9.17) is 4.74 Å². The number of ether oxygens (including phenoxy) is 1. The van der Waals surface area contributed by atoms with Crippen LogP contribution in [0.25, 0.3) is 69.9 Å². The third kappa shape index (κ3) is 4.64. The molecule has 0 saturated heterocycles. The average Bonchev–Trinajstić information content (AvgIpc) is 3.76. The zero-order chi connectivity index (χ0) is 35.0. The van der Waals surface area contributed by atoms with Crippen LogP contribution in [0.4, 0.5) is 21.5 Å². The minimum Gasteiger partial charge on any atom is -0.452 e. The summed E-state index contributed by atoms with van der Waals surface area (Å²) in [5, 5.41) is 4.73. The smallest absolute Gasteiger partial charge is 0.160 e. The molecule has 0 saturated carbocycles. The zero-order valence-electron chi connectivity index (χ0n) is 28.3. The van der Waals surface area contributed by atoms with Crippen LogP contribution in [0, 0.1) is 5.82 Å². The largest absolute Gasteiger partial charge is 0.452 e. The summed E-state index contributed by atoms with van der Waals surface area (Å²) in [6, 6.07) is 60.8. The van der Waals surface area contributed by atoms with Crippen molar-refractivity contribution in [2.75, 3.05) is 4.90 Å². The predicted molar refractivity (Wildman–Crippen MR) is 219 cm³/mol. The molecule has 8 aromatic carbocycles. The van der Waals surface area contributed by atoms with Crippen molar-refractivity contribution >= 4 is 70.4 Å². The van der Waals surface area contributed by atoms with Gasteiger partial charge in [0.05, 0.1) is 22.4 Å². The Morgan fingerprint density at radius 3 is 2.02 bits per heavy atom. The Labute approximate surface area is 309 Å². The van der Waals surface area contributed by atoms with Gasteiger partial charge in [-0.15, -0.1) is 11.3 Å². The molecule has 0 fully saturated rings. The predicted octanol–water partition coefficient (Wildman–Crippen LogP) is 14.2. The first kappa shape index (κ1) is 30.0. The minimum atomic E-state index is -0.327. The molecule has 3 heterocycles. The van der Waals surface area contributed by atoms with E-state index in [9.17, 15) is 4.39 Å². The molecule has 3 nitrogen and oxygen atoms in total. The van der Waals surface area contributed by atoms with Crippen molar-refractivity contribution < 1.29 is 9.13 Å². The number of rotatable bonds is 5. The van der Waals surface area contributed by atoms with Crippen LogP contribution in [-0.4, -0.2) is 4.57 Å². The number of thiophene rings is 1. The fraction of sp³-hybridized carbons (Fsp3) is 0. The molecular weight excluding hydrogens is 672 g/mol. The summed E-state index contributed by atoms with van der Waals surface area (Å²) in [6.07, 6.45) is 0. The van der Waals surface area contributed by atoms with Crippen molar-refractivity contribution in [3.05, 3.63) is 182 Å². The number of halogens is 1. The second kappa shape index (κ2) is 11.7. The fourth-order valence-corrected chi connectivity index (χ4v) is 9.19. The number of nitrogens with zero attached hydrogens (tertiary/aromatic N) is 2. The van der Waals surface area contributed by atoms with Gasteiger partial charge >= 0.3 is 0 Å². The van der Waals surface area contributed by atoms with E-state index in [2.05, 4.69) is 155 Å². The SMILES string of the molecule is Fc1ccc2c(c1)Oc1c(-c3ccc(N(c4ccc(-c5ccccc5)cc4)c4cccc5sc6ccccc6c45)cc3)ccc3c4ccccc4n-2c13. The van der Waals surface area contributed by atoms with Crippen LogP contribution < -0.4 is 9.64 Å². The van der Waals surface area contributed by atoms with Crippen LogP contribution in [-0.2, 0) is 0 Å². The van der Waals surface area contributed by atoms with Crippen molar-refractivity contribution in [1.82, 2.24) is 4.57 Å². The van der Waals surface area contributed by atoms with E-state index in [1.807, 2.05) is 23.5 Å². The van der Waals surface area contributed by atoms with E-state index >= 15 is 0 Å². The van der Waals surface area contributed by atoms with Gasteiger partial charge in [0, 0.05) is 53.9 Å². The van der Waals surface area contributed by atoms with E-state index in [1.165, 1.54) is 43.4 Å². The Morgan fingerprint density at radius 2 is 1.21 bits per heavy atom. The molecule has 53 heavy (non-hydrogen) atoms. The first-order valence-corrected chi connectivity index (χ1v) is 18.5. The molecule has 0 atom stereocenters. The van der Waals surface area contributed by atoms with Crippen LogP contribution in [0.2, 0.25) is 0 Å². The Bertz CT molecular complexity index is 3040. The monoisotopic (exact) mass is 700 g/mol. The van der Waals surface area contributed by atoms with Crippen LogP contribution in [0.3, 0.4) is 0 Å². The fourth-order valence-electron chi connectivity index (χ4n) is 8.07. The van der Waals surface area contributed by atoms with Gasteiger partial charge in [-0.25, -0.2) is 4.39 Å². The third-order valence-electron chi connectivity index (χ3n) is 10.5. The van der Waals surface area contributed by atoms with Crippen molar-refractivity contribution in [2.45, 2.75) is 0 Å². The lowest BCUT2D eigenvalue weighted by molar-refractivity contribution is 0.472. The summed E-state index contributed by atoms with van der Waals surface area (Å²) in [4.78, 5) is 2.36. The summed E-state index contributed by atoms with van der Waals surface area (Å²) in [6.45, 7) is 0. The topological polar surface area (TPSA) is 17.4 Å². The minimum absolute atomic E-state index is 0.327. The number of para-hydroxylation sites is 1. The first-order chi connectivity index (χ1) is 26.2. The second-order valence-electron chi connectivity index (χ2n) is 13.4. The zero-order valence-corrected chi connectivity index (χ0v) is 29.1. The highest BCUT2D eigenvalue weighted by atomic mass is 32.1. The lowest BCUT2D eigenvalue weighted by Gasteiger charge is -2.27. The molecule has 0 N–H and O–H groups in total. The molecule has 0 spiro atoms. The van der Waals surface area contributed by atoms with E-state index in [1.54, 1.807) is 6.07 Å². The molecule has 0 bridgehead atoms. The average molecular weight is 701 g/mol. The Kier molecular flexibility index (Phi) is 6.60. The Balaban J connectivity index is 1.08. The Morgan fingerprint density at radius 1 is 0.528 bits per heavy atom. The van der Waals surface area contributed by atoms with Gasteiger partial charge in [-0.3, -0.25) is 0 Å². The van der Waals surface area contributed by atoms with Gasteiger partial charge in [0.15, 0.2) is 11.5 Å². The molecule has 1 aliphatic heterocycles. The van der Waals surface area contributed by atoms with Gasteiger partial charge in [-0.05, 0) is 83.4 Å². The van der Waals surface area contributed by atoms with E-state index in [0.29, 0.717) is 5.75 Å². The Hall–Kier alpha value is -6.69. The van der Waals surface area contributed by atoms with Crippen molar-refractivity contribution in [3.63, 3.8) is 0 Å². The van der Waals surface area contributed by atoms with Gasteiger partial charge in [-0.2, -0.15) is 0 Å². The van der Waals surface area contributed by atoms with Crippen molar-refractivity contribution in [2.24, 2.45) is 0 Å². The van der Waals surface area contributed by atoms with Crippen molar-refractivity contribution in [3.8, 4) is 39.4 Å². The van der Waals surface area contributed by atoms with Gasteiger partial charge in [0.25, 0.3) is 0 Å². The van der Waals surface area contributed by atoms with E-state index < -0.39 is 0 Å². The highest BCUT2D eigenvalue weighted by molar-refractivity contribution is 7.26. The summed E-state index contributed by atoms with van der Waals surface area (Å²) in [5.74, 6) is 0.907. The molecular formula is C48H29FN2OS. The van der Waals surface area contributed by atoms with E-state index in [0.717, 1.165) is 61.4 Å². The molecule has 10 aromatic rings. The van der Waals surface area contributed by atoms with Gasteiger partial charge < -0.3 is 14.2 Å². The third-order valence-corrected chi connectivity index (χ3v) is 11.6. The highest BCUT2D eigenvalue weighted by Crippen LogP contribution is 2.50. The number of fused-ring (bicyclic) bond motifs is 8.